The second-order valence-corrected chi connectivity index (χ2v) is 9.68. The molecule has 4 rings (SSSR count). The molecule has 0 unspecified atom stereocenters. The second-order valence-electron chi connectivity index (χ2n) is 7.42. The van der Waals surface area contributed by atoms with Crippen LogP contribution in [0.15, 0.2) is 58.2 Å². The lowest BCUT2D eigenvalue weighted by Gasteiger charge is -2.10. The van der Waals surface area contributed by atoms with Gasteiger partial charge in [0, 0.05) is 32.3 Å². The Labute approximate surface area is 209 Å². The van der Waals surface area contributed by atoms with Crippen LogP contribution in [0.25, 0.3) is 5.69 Å². The van der Waals surface area contributed by atoms with E-state index in [0.29, 0.717) is 27.3 Å². The van der Waals surface area contributed by atoms with Crippen LogP contribution in [-0.2, 0) is 5.75 Å². The molecule has 0 aliphatic heterocycles. The summed E-state index contributed by atoms with van der Waals surface area (Å²) in [6.07, 6.45) is 0. The maximum Gasteiger partial charge on any atom is 0.278 e. The zero-order valence-corrected chi connectivity index (χ0v) is 21.3. The fourth-order valence-electron chi connectivity index (χ4n) is 3.18. The fourth-order valence-corrected chi connectivity index (χ4v) is 4.69. The Morgan fingerprint density at radius 1 is 1.09 bits per heavy atom. The van der Waals surface area contributed by atoms with Crippen LogP contribution >= 0.6 is 39.3 Å². The van der Waals surface area contributed by atoms with E-state index in [1.54, 1.807) is 4.68 Å². The SMILES string of the molecule is Cc1cc(C)nc(SCc2c(C(=O)Nc3cccc(Br)c3)nnn2-c2ccc(C)c(Cl)c2)n1. The minimum Gasteiger partial charge on any atom is -0.320 e. The van der Waals surface area contributed by atoms with Gasteiger partial charge in [-0.05, 0) is 62.7 Å². The Morgan fingerprint density at radius 3 is 2.55 bits per heavy atom. The molecule has 0 fully saturated rings. The minimum atomic E-state index is -0.352. The summed E-state index contributed by atoms with van der Waals surface area (Å²) in [5, 5.41) is 12.6. The second kappa shape index (κ2) is 10.0. The predicted octanol–water partition coefficient (Wildman–Crippen LogP) is 5.94. The molecule has 0 saturated carbocycles. The first kappa shape index (κ1) is 23.4. The number of carbonyl (C=O) groups is 1. The van der Waals surface area contributed by atoms with Crippen molar-refractivity contribution in [3.8, 4) is 5.69 Å². The van der Waals surface area contributed by atoms with Gasteiger partial charge in [0.15, 0.2) is 10.9 Å². The van der Waals surface area contributed by atoms with Crippen LogP contribution in [0, 0.1) is 20.8 Å². The first-order valence-corrected chi connectivity index (χ1v) is 12.2. The number of thioether (sulfide) groups is 1. The van der Waals surface area contributed by atoms with Gasteiger partial charge in [-0.1, -0.05) is 56.6 Å². The van der Waals surface area contributed by atoms with Crippen molar-refractivity contribution in [3.05, 3.63) is 86.4 Å². The van der Waals surface area contributed by atoms with Gasteiger partial charge in [0.05, 0.1) is 11.4 Å². The number of hydrogen-bond donors (Lipinski definition) is 1. The molecule has 0 bridgehead atoms. The molecule has 10 heteroatoms. The van der Waals surface area contributed by atoms with Crippen molar-refractivity contribution in [1.82, 2.24) is 25.0 Å². The van der Waals surface area contributed by atoms with Gasteiger partial charge < -0.3 is 5.32 Å². The Hall–Kier alpha value is -2.75. The third-order valence-electron chi connectivity index (χ3n) is 4.76. The number of aryl methyl sites for hydroxylation is 3. The van der Waals surface area contributed by atoms with Crippen molar-refractivity contribution in [3.63, 3.8) is 0 Å². The quantitative estimate of drug-likeness (QED) is 0.239. The molecule has 7 nitrogen and oxygen atoms in total. The summed E-state index contributed by atoms with van der Waals surface area (Å²) < 4.78 is 2.50. The van der Waals surface area contributed by atoms with E-state index in [1.807, 2.05) is 69.3 Å². The molecule has 2 aromatic heterocycles. The van der Waals surface area contributed by atoms with Gasteiger partial charge in [0.1, 0.15) is 0 Å². The number of nitrogens with one attached hydrogen (secondary N) is 1. The highest BCUT2D eigenvalue weighted by atomic mass is 79.9. The maximum atomic E-state index is 13.1. The van der Waals surface area contributed by atoms with E-state index in [0.717, 1.165) is 27.1 Å². The molecule has 2 heterocycles. The zero-order chi connectivity index (χ0) is 23.5. The molecule has 4 aromatic rings. The average molecular weight is 544 g/mol. The Kier molecular flexibility index (Phi) is 7.11. The highest BCUT2D eigenvalue weighted by Crippen LogP contribution is 2.26. The van der Waals surface area contributed by atoms with E-state index in [4.69, 9.17) is 11.6 Å². The van der Waals surface area contributed by atoms with Gasteiger partial charge in [-0.2, -0.15) is 0 Å². The molecule has 0 saturated heterocycles. The van der Waals surface area contributed by atoms with Gasteiger partial charge >= 0.3 is 0 Å². The number of rotatable bonds is 6. The number of hydrogen-bond acceptors (Lipinski definition) is 6. The van der Waals surface area contributed by atoms with Crippen LogP contribution in [0.5, 0.6) is 0 Å². The Morgan fingerprint density at radius 2 is 1.85 bits per heavy atom. The monoisotopic (exact) mass is 542 g/mol. The topological polar surface area (TPSA) is 85.6 Å². The van der Waals surface area contributed by atoms with Gasteiger partial charge in [-0.15, -0.1) is 5.10 Å². The smallest absolute Gasteiger partial charge is 0.278 e. The van der Waals surface area contributed by atoms with E-state index in [1.165, 1.54) is 11.8 Å². The number of halogens is 2. The Balaban J connectivity index is 1.70. The summed E-state index contributed by atoms with van der Waals surface area (Å²) in [6.45, 7) is 5.78. The van der Waals surface area contributed by atoms with E-state index in [9.17, 15) is 4.79 Å². The molecule has 2 aromatic carbocycles. The van der Waals surface area contributed by atoms with Crippen LogP contribution in [0.2, 0.25) is 5.02 Å². The van der Waals surface area contributed by atoms with Gasteiger partial charge in [0.25, 0.3) is 5.91 Å². The third kappa shape index (κ3) is 5.61. The largest absolute Gasteiger partial charge is 0.320 e. The van der Waals surface area contributed by atoms with Crippen molar-refractivity contribution in [2.75, 3.05) is 5.32 Å². The average Bonchev–Trinajstić information content (AvgIpc) is 3.17. The van der Waals surface area contributed by atoms with Crippen molar-refractivity contribution >= 4 is 50.9 Å². The van der Waals surface area contributed by atoms with Crippen LogP contribution < -0.4 is 5.32 Å². The molecule has 0 spiro atoms. The van der Waals surface area contributed by atoms with Crippen molar-refractivity contribution in [2.45, 2.75) is 31.7 Å². The normalized spacial score (nSPS) is 10.9. The number of amides is 1. The van der Waals surface area contributed by atoms with Crippen molar-refractivity contribution in [2.24, 2.45) is 0 Å². The molecule has 1 amide bonds. The fraction of sp³-hybridized carbons (Fsp3) is 0.174. The van der Waals surface area contributed by atoms with E-state index in [2.05, 4.69) is 41.5 Å². The third-order valence-corrected chi connectivity index (χ3v) is 6.52. The molecule has 0 aliphatic rings. The molecule has 33 heavy (non-hydrogen) atoms. The lowest BCUT2D eigenvalue weighted by molar-refractivity contribution is 0.102. The summed E-state index contributed by atoms with van der Waals surface area (Å²) >= 11 is 11.2. The number of carbonyl (C=O) groups excluding carboxylic acids is 1. The summed E-state index contributed by atoms with van der Waals surface area (Å²) in [7, 11) is 0. The number of nitrogens with zero attached hydrogens (tertiary/aromatic N) is 5. The lowest BCUT2D eigenvalue weighted by atomic mass is 10.2. The van der Waals surface area contributed by atoms with Crippen LogP contribution in [0.1, 0.15) is 33.1 Å². The summed E-state index contributed by atoms with van der Waals surface area (Å²) in [4.78, 5) is 22.1. The van der Waals surface area contributed by atoms with Gasteiger partial charge in [-0.25, -0.2) is 14.6 Å². The standard InChI is InChI=1S/C23H20BrClN6OS/c1-13-7-8-18(11-19(13)25)31-20(12-33-23-26-14(2)9-15(3)27-23)21(29-30-31)22(32)28-17-6-4-5-16(24)10-17/h4-11H,12H2,1-3H3,(H,28,32). The van der Waals surface area contributed by atoms with Crippen LogP contribution in [0.3, 0.4) is 0 Å². The molecule has 1 N–H and O–H groups in total. The first-order chi connectivity index (χ1) is 15.8. The van der Waals surface area contributed by atoms with Crippen molar-refractivity contribution in [1.29, 1.82) is 0 Å². The number of anilines is 1. The number of aromatic nitrogens is 5. The zero-order valence-electron chi connectivity index (χ0n) is 18.1. The van der Waals surface area contributed by atoms with Crippen molar-refractivity contribution < 1.29 is 4.79 Å². The lowest BCUT2D eigenvalue weighted by Crippen LogP contribution is -2.15. The molecule has 168 valence electrons. The maximum absolute atomic E-state index is 13.1. The molecular weight excluding hydrogens is 524 g/mol. The summed E-state index contributed by atoms with van der Waals surface area (Å²) in [5.41, 5.74) is 4.94. The van der Waals surface area contributed by atoms with Crippen LogP contribution in [-0.4, -0.2) is 30.9 Å². The predicted molar refractivity (Wildman–Crippen MR) is 134 cm³/mol. The first-order valence-electron chi connectivity index (χ1n) is 10.0. The summed E-state index contributed by atoms with van der Waals surface area (Å²) in [6, 6.07) is 14.9. The van der Waals surface area contributed by atoms with E-state index in [-0.39, 0.29) is 11.6 Å². The Bertz CT molecular complexity index is 1320. The van der Waals surface area contributed by atoms with Gasteiger partial charge in [0.2, 0.25) is 0 Å². The minimum absolute atomic E-state index is 0.226. The molecule has 0 atom stereocenters. The molecule has 0 radical (unpaired) electrons. The molecular formula is C23H20BrClN6OS. The highest BCUT2D eigenvalue weighted by molar-refractivity contribution is 9.10. The van der Waals surface area contributed by atoms with E-state index >= 15 is 0 Å². The summed E-state index contributed by atoms with van der Waals surface area (Å²) in [5.74, 6) is 0.0392. The van der Waals surface area contributed by atoms with Crippen LogP contribution in [0.4, 0.5) is 5.69 Å². The van der Waals surface area contributed by atoms with E-state index < -0.39 is 0 Å². The highest BCUT2D eigenvalue weighted by Gasteiger charge is 2.22. The molecule has 0 aliphatic carbocycles. The van der Waals surface area contributed by atoms with Gasteiger partial charge in [-0.3, -0.25) is 4.79 Å². The number of benzene rings is 2.